The van der Waals surface area contributed by atoms with Crippen molar-refractivity contribution >= 4 is 7.28 Å². The van der Waals surface area contributed by atoms with Gasteiger partial charge in [-0.3, -0.25) is 0 Å². The van der Waals surface area contributed by atoms with Gasteiger partial charge >= 0.3 is 0 Å². The molecule has 1 rings (SSSR count). The summed E-state index contributed by atoms with van der Waals surface area (Å²) in [6.45, 7) is 1.26. The fourth-order valence-corrected chi connectivity index (χ4v) is 0.715. The summed E-state index contributed by atoms with van der Waals surface area (Å²) in [4.78, 5) is 2.31. The van der Waals surface area contributed by atoms with Crippen LogP contribution in [0.15, 0.2) is 0 Å². The van der Waals surface area contributed by atoms with Gasteiger partial charge in [0.2, 0.25) is 0 Å². The van der Waals surface area contributed by atoms with Crippen LogP contribution in [0.1, 0.15) is 0 Å². The molecule has 0 aliphatic carbocycles. The third kappa shape index (κ3) is 0.746. The van der Waals surface area contributed by atoms with Crippen molar-refractivity contribution in [3.05, 3.63) is 0 Å². The number of rotatable bonds is 0. The second-order valence-corrected chi connectivity index (χ2v) is 1.84. The minimum atomic E-state index is 1.19. The van der Waals surface area contributed by atoms with Gasteiger partial charge < -0.3 is 4.90 Å². The minimum absolute atomic E-state index is 1.19. The van der Waals surface area contributed by atoms with E-state index in [1.807, 2.05) is 0 Å². The third-order valence-electron chi connectivity index (χ3n) is 1.16. The number of hydrogen-bond donors (Lipinski definition) is 0. The molecule has 1 nitrogen and oxygen atoms in total. The molecule has 1 heterocycles. The molecule has 0 bridgehead atoms. The van der Waals surface area contributed by atoms with Crippen molar-refractivity contribution in [2.24, 2.45) is 0 Å². The van der Waals surface area contributed by atoms with Crippen molar-refractivity contribution in [1.29, 1.82) is 0 Å². The first-order valence-electron chi connectivity index (χ1n) is 2.40. The standard InChI is InChI=1S/C4H9BN/c1-6-3-2-5-4-6/h2-4H2,1H3. The average molecular weight is 81.9 g/mol. The molecule has 0 N–H and O–H groups in total. The molecular weight excluding hydrogens is 72.9 g/mol. The van der Waals surface area contributed by atoms with E-state index in [1.54, 1.807) is 0 Å². The van der Waals surface area contributed by atoms with Crippen molar-refractivity contribution in [2.75, 3.05) is 20.0 Å². The highest BCUT2D eigenvalue weighted by Gasteiger charge is 2.04. The zero-order valence-electron chi connectivity index (χ0n) is 4.15. The van der Waals surface area contributed by atoms with Crippen molar-refractivity contribution in [3.63, 3.8) is 0 Å². The Balaban J connectivity index is 2.18. The third-order valence-corrected chi connectivity index (χ3v) is 1.16. The first kappa shape index (κ1) is 4.19. The van der Waals surface area contributed by atoms with Crippen LogP contribution in [0.2, 0.25) is 6.32 Å². The molecule has 33 valence electrons. The Hall–Kier alpha value is 0.0249. The van der Waals surface area contributed by atoms with Crippen LogP contribution < -0.4 is 0 Å². The lowest BCUT2D eigenvalue weighted by molar-refractivity contribution is 0.435. The van der Waals surface area contributed by atoms with Crippen molar-refractivity contribution in [3.8, 4) is 0 Å². The first-order chi connectivity index (χ1) is 2.89. The summed E-state index contributed by atoms with van der Waals surface area (Å²) in [7, 11) is 4.45. The van der Waals surface area contributed by atoms with E-state index < -0.39 is 0 Å². The second-order valence-electron chi connectivity index (χ2n) is 1.84. The van der Waals surface area contributed by atoms with Crippen LogP contribution in [-0.2, 0) is 0 Å². The fourth-order valence-electron chi connectivity index (χ4n) is 0.715. The normalized spacial score (nSPS) is 24.2. The van der Waals surface area contributed by atoms with Gasteiger partial charge in [-0.1, -0.05) is 6.32 Å². The Morgan fingerprint density at radius 2 is 2.50 bits per heavy atom. The molecule has 2 heteroatoms. The van der Waals surface area contributed by atoms with E-state index in [-0.39, 0.29) is 0 Å². The minimum Gasteiger partial charge on any atom is -0.315 e. The van der Waals surface area contributed by atoms with Crippen LogP contribution in [0.3, 0.4) is 0 Å². The quantitative estimate of drug-likeness (QED) is 0.372. The predicted molar refractivity (Wildman–Crippen MR) is 28.1 cm³/mol. The zero-order valence-corrected chi connectivity index (χ0v) is 4.15. The van der Waals surface area contributed by atoms with Gasteiger partial charge in [-0.25, -0.2) is 0 Å². The van der Waals surface area contributed by atoms with E-state index in [2.05, 4.69) is 19.2 Å². The molecule has 1 radical (unpaired) electrons. The van der Waals surface area contributed by atoms with E-state index in [0.717, 1.165) is 0 Å². The molecule has 1 saturated heterocycles. The molecule has 0 aromatic heterocycles. The van der Waals surface area contributed by atoms with Crippen LogP contribution >= 0.6 is 0 Å². The molecule has 0 saturated carbocycles. The summed E-state index contributed by atoms with van der Waals surface area (Å²) in [5, 5.41) is 0. The molecule has 0 aromatic rings. The fraction of sp³-hybridized carbons (Fsp3) is 1.00. The Labute approximate surface area is 39.6 Å². The van der Waals surface area contributed by atoms with Gasteiger partial charge in [-0.05, 0) is 20.0 Å². The molecule has 0 amide bonds. The van der Waals surface area contributed by atoms with E-state index in [4.69, 9.17) is 0 Å². The topological polar surface area (TPSA) is 3.24 Å². The summed E-state index contributed by atoms with van der Waals surface area (Å²) in [6.07, 6.45) is 2.48. The van der Waals surface area contributed by atoms with Gasteiger partial charge in [0.15, 0.2) is 0 Å². The number of nitrogens with zero attached hydrogens (tertiary/aromatic N) is 1. The summed E-state index contributed by atoms with van der Waals surface area (Å²) in [5.74, 6) is 0. The maximum Gasteiger partial charge on any atom is 0.130 e. The summed E-state index contributed by atoms with van der Waals surface area (Å²) in [5.41, 5.74) is 0. The lowest BCUT2D eigenvalue weighted by Gasteiger charge is -2.01. The van der Waals surface area contributed by atoms with Crippen LogP contribution in [0.5, 0.6) is 0 Å². The first-order valence-corrected chi connectivity index (χ1v) is 2.40. The van der Waals surface area contributed by atoms with Gasteiger partial charge in [0.1, 0.15) is 7.28 Å². The van der Waals surface area contributed by atoms with Crippen LogP contribution in [0.4, 0.5) is 0 Å². The smallest absolute Gasteiger partial charge is 0.130 e. The molecule has 6 heavy (non-hydrogen) atoms. The molecule has 0 atom stereocenters. The molecule has 0 aromatic carbocycles. The molecular formula is C4H9BN. The Bertz CT molecular complexity index is 40.8. The Kier molecular flexibility index (Phi) is 1.15. The Morgan fingerprint density at radius 3 is 2.67 bits per heavy atom. The lowest BCUT2D eigenvalue weighted by atomic mass is 9.79. The lowest BCUT2D eigenvalue weighted by Crippen LogP contribution is -2.12. The highest BCUT2D eigenvalue weighted by molar-refractivity contribution is 6.36. The van der Waals surface area contributed by atoms with Gasteiger partial charge in [-0.2, -0.15) is 0 Å². The van der Waals surface area contributed by atoms with E-state index in [9.17, 15) is 0 Å². The number of hydrogen-bond acceptors (Lipinski definition) is 1. The monoisotopic (exact) mass is 82.1 g/mol. The SMILES string of the molecule is CN1C[B]CC1. The maximum atomic E-state index is 2.31. The van der Waals surface area contributed by atoms with Crippen molar-refractivity contribution in [1.82, 2.24) is 4.90 Å². The molecule has 0 unspecified atom stereocenters. The van der Waals surface area contributed by atoms with Crippen LogP contribution in [0, 0.1) is 0 Å². The van der Waals surface area contributed by atoms with Crippen LogP contribution in [-0.4, -0.2) is 32.2 Å². The van der Waals surface area contributed by atoms with Crippen molar-refractivity contribution in [2.45, 2.75) is 6.32 Å². The van der Waals surface area contributed by atoms with Gasteiger partial charge in [0.05, 0.1) is 0 Å². The average Bonchev–Trinajstić information content (AvgIpc) is 1.86. The maximum absolute atomic E-state index is 2.31. The van der Waals surface area contributed by atoms with E-state index >= 15 is 0 Å². The molecule has 1 fully saturated rings. The van der Waals surface area contributed by atoms with Gasteiger partial charge in [0, 0.05) is 0 Å². The predicted octanol–water partition coefficient (Wildman–Crippen LogP) is 0.0118. The van der Waals surface area contributed by atoms with E-state index in [1.165, 1.54) is 19.3 Å². The Morgan fingerprint density at radius 1 is 1.67 bits per heavy atom. The highest BCUT2D eigenvalue weighted by atomic mass is 15.1. The van der Waals surface area contributed by atoms with Gasteiger partial charge in [0.25, 0.3) is 0 Å². The van der Waals surface area contributed by atoms with Crippen LogP contribution in [0.25, 0.3) is 0 Å². The second kappa shape index (κ2) is 1.65. The van der Waals surface area contributed by atoms with Crippen molar-refractivity contribution < 1.29 is 0 Å². The summed E-state index contributed by atoms with van der Waals surface area (Å²) in [6, 6.07) is 0. The zero-order chi connectivity index (χ0) is 4.41. The molecule has 1 aliphatic heterocycles. The van der Waals surface area contributed by atoms with E-state index in [0.29, 0.717) is 0 Å². The highest BCUT2D eigenvalue weighted by Crippen LogP contribution is 1.94. The summed E-state index contributed by atoms with van der Waals surface area (Å²) >= 11 is 0. The summed E-state index contributed by atoms with van der Waals surface area (Å²) < 4.78 is 0. The largest absolute Gasteiger partial charge is 0.315 e. The molecule has 1 aliphatic rings. The molecule has 0 spiro atoms. The van der Waals surface area contributed by atoms with Gasteiger partial charge in [-0.15, -0.1) is 0 Å².